The van der Waals surface area contributed by atoms with E-state index < -0.39 is 18.0 Å². The van der Waals surface area contributed by atoms with Crippen molar-refractivity contribution in [3.8, 4) is 0 Å². The zero-order chi connectivity index (χ0) is 18.5. The van der Waals surface area contributed by atoms with Gasteiger partial charge in [-0.05, 0) is 18.1 Å². The van der Waals surface area contributed by atoms with Gasteiger partial charge in [0.25, 0.3) is 5.91 Å². The molecular formula is C21H23NO4. The summed E-state index contributed by atoms with van der Waals surface area (Å²) in [5.41, 5.74) is 1.73. The first-order chi connectivity index (χ1) is 12.6. The Balaban J connectivity index is 1.84. The van der Waals surface area contributed by atoms with Gasteiger partial charge in [0.15, 0.2) is 6.10 Å². The summed E-state index contributed by atoms with van der Waals surface area (Å²) in [6.07, 6.45) is -0.704. The van der Waals surface area contributed by atoms with Gasteiger partial charge in [-0.3, -0.25) is 9.59 Å². The summed E-state index contributed by atoms with van der Waals surface area (Å²) in [4.78, 5) is 26.5. The number of carboxylic acid groups (broad SMARTS) is 1. The van der Waals surface area contributed by atoms with Crippen LogP contribution in [0.2, 0.25) is 0 Å². The predicted molar refractivity (Wildman–Crippen MR) is 97.7 cm³/mol. The molecule has 26 heavy (non-hydrogen) atoms. The van der Waals surface area contributed by atoms with Crippen molar-refractivity contribution >= 4 is 11.9 Å². The number of hydrogen-bond acceptors (Lipinski definition) is 3. The molecule has 3 atom stereocenters. The van der Waals surface area contributed by atoms with Crippen LogP contribution in [-0.4, -0.2) is 41.6 Å². The standard InChI is InChI=1S/C21H23NO4/c1-2-26-19(16-11-7-4-8-12-16)20(23)22-13-17(18(14-22)21(24)25)15-9-5-3-6-10-15/h3-12,17-19H,2,13-14H2,1H3,(H,24,25). The smallest absolute Gasteiger partial charge is 0.308 e. The van der Waals surface area contributed by atoms with Crippen LogP contribution in [0.5, 0.6) is 0 Å². The Hall–Kier alpha value is -2.66. The maximum Gasteiger partial charge on any atom is 0.308 e. The van der Waals surface area contributed by atoms with Crippen LogP contribution in [0.1, 0.15) is 30.1 Å². The van der Waals surface area contributed by atoms with E-state index in [2.05, 4.69) is 0 Å². The van der Waals surface area contributed by atoms with E-state index in [9.17, 15) is 14.7 Å². The normalized spacial score (nSPS) is 20.7. The van der Waals surface area contributed by atoms with Gasteiger partial charge in [-0.15, -0.1) is 0 Å². The number of ether oxygens (including phenoxy) is 1. The monoisotopic (exact) mass is 353 g/mol. The molecule has 0 saturated carbocycles. The Labute approximate surface area is 153 Å². The van der Waals surface area contributed by atoms with E-state index in [-0.39, 0.29) is 18.4 Å². The molecular weight excluding hydrogens is 330 g/mol. The van der Waals surface area contributed by atoms with Crippen molar-refractivity contribution < 1.29 is 19.4 Å². The fourth-order valence-electron chi connectivity index (χ4n) is 3.54. The van der Waals surface area contributed by atoms with Crippen LogP contribution in [0.4, 0.5) is 0 Å². The molecule has 1 aliphatic heterocycles. The van der Waals surface area contributed by atoms with Crippen LogP contribution in [0, 0.1) is 5.92 Å². The van der Waals surface area contributed by atoms with Crippen molar-refractivity contribution in [3.05, 3.63) is 71.8 Å². The summed E-state index contributed by atoms with van der Waals surface area (Å²) < 4.78 is 5.70. The molecule has 3 rings (SSSR count). The first kappa shape index (κ1) is 18.1. The fraction of sp³-hybridized carbons (Fsp3) is 0.333. The van der Waals surface area contributed by atoms with Gasteiger partial charge in [-0.1, -0.05) is 60.7 Å². The number of amides is 1. The zero-order valence-corrected chi connectivity index (χ0v) is 14.7. The molecule has 5 heteroatoms. The van der Waals surface area contributed by atoms with Gasteiger partial charge in [-0.2, -0.15) is 0 Å². The molecule has 0 aliphatic carbocycles. The minimum absolute atomic E-state index is 0.178. The predicted octanol–water partition coefficient (Wildman–Crippen LogP) is 3.09. The first-order valence-corrected chi connectivity index (χ1v) is 8.85. The van der Waals surface area contributed by atoms with Gasteiger partial charge >= 0.3 is 5.97 Å². The first-order valence-electron chi connectivity index (χ1n) is 8.85. The summed E-state index contributed by atoms with van der Waals surface area (Å²) in [5.74, 6) is -1.88. The molecule has 5 nitrogen and oxygen atoms in total. The molecule has 1 fully saturated rings. The van der Waals surface area contributed by atoms with E-state index in [0.29, 0.717) is 13.2 Å². The van der Waals surface area contributed by atoms with E-state index in [4.69, 9.17) is 4.74 Å². The van der Waals surface area contributed by atoms with Gasteiger partial charge in [0.2, 0.25) is 0 Å². The van der Waals surface area contributed by atoms with Crippen molar-refractivity contribution in [1.29, 1.82) is 0 Å². The maximum atomic E-state index is 13.1. The lowest BCUT2D eigenvalue weighted by Crippen LogP contribution is -2.35. The molecule has 0 radical (unpaired) electrons. The summed E-state index contributed by atoms with van der Waals surface area (Å²) in [6.45, 7) is 2.84. The third-order valence-corrected chi connectivity index (χ3v) is 4.84. The van der Waals surface area contributed by atoms with Crippen molar-refractivity contribution in [3.63, 3.8) is 0 Å². The zero-order valence-electron chi connectivity index (χ0n) is 14.7. The van der Waals surface area contributed by atoms with Gasteiger partial charge in [-0.25, -0.2) is 0 Å². The van der Waals surface area contributed by atoms with E-state index in [0.717, 1.165) is 11.1 Å². The van der Waals surface area contributed by atoms with E-state index in [1.807, 2.05) is 67.6 Å². The third kappa shape index (κ3) is 3.78. The van der Waals surface area contributed by atoms with Crippen LogP contribution < -0.4 is 0 Å². The lowest BCUT2D eigenvalue weighted by atomic mass is 9.89. The van der Waals surface area contributed by atoms with Gasteiger partial charge in [0.1, 0.15) is 0 Å². The van der Waals surface area contributed by atoms with Gasteiger partial charge in [0.05, 0.1) is 5.92 Å². The number of carbonyl (C=O) groups is 2. The second kappa shape index (κ2) is 8.15. The summed E-state index contributed by atoms with van der Waals surface area (Å²) in [7, 11) is 0. The highest BCUT2D eigenvalue weighted by molar-refractivity contribution is 5.84. The molecule has 2 aromatic rings. The molecule has 2 aromatic carbocycles. The highest BCUT2D eigenvalue weighted by Gasteiger charge is 2.42. The molecule has 136 valence electrons. The minimum Gasteiger partial charge on any atom is -0.481 e. The van der Waals surface area contributed by atoms with Crippen LogP contribution in [-0.2, 0) is 14.3 Å². The van der Waals surface area contributed by atoms with E-state index in [1.165, 1.54) is 0 Å². The topological polar surface area (TPSA) is 66.8 Å². The molecule has 1 aliphatic rings. The van der Waals surface area contributed by atoms with Crippen molar-refractivity contribution in [2.24, 2.45) is 5.92 Å². The summed E-state index contributed by atoms with van der Waals surface area (Å²) >= 11 is 0. The molecule has 0 bridgehead atoms. The second-order valence-corrected chi connectivity index (χ2v) is 6.45. The average Bonchev–Trinajstić information content (AvgIpc) is 3.13. The van der Waals surface area contributed by atoms with Crippen molar-refractivity contribution in [2.45, 2.75) is 18.9 Å². The van der Waals surface area contributed by atoms with Gasteiger partial charge in [0, 0.05) is 25.6 Å². The number of carbonyl (C=O) groups excluding carboxylic acids is 1. The van der Waals surface area contributed by atoms with E-state index in [1.54, 1.807) is 4.90 Å². The fourth-order valence-corrected chi connectivity index (χ4v) is 3.54. The average molecular weight is 353 g/mol. The lowest BCUT2D eigenvalue weighted by molar-refractivity contribution is -0.144. The number of likely N-dealkylation sites (tertiary alicyclic amines) is 1. The molecule has 1 heterocycles. The van der Waals surface area contributed by atoms with E-state index >= 15 is 0 Å². The lowest BCUT2D eigenvalue weighted by Gasteiger charge is -2.24. The highest BCUT2D eigenvalue weighted by atomic mass is 16.5. The maximum absolute atomic E-state index is 13.1. The minimum atomic E-state index is -0.873. The Morgan fingerprint density at radius 3 is 2.27 bits per heavy atom. The number of aliphatic carboxylic acids is 1. The summed E-state index contributed by atoms with van der Waals surface area (Å²) in [5, 5.41) is 9.63. The SMILES string of the molecule is CCOC(C(=O)N1CC(C(=O)O)C(c2ccccc2)C1)c1ccccc1. The Morgan fingerprint density at radius 2 is 1.69 bits per heavy atom. The molecule has 1 saturated heterocycles. The number of nitrogens with zero attached hydrogens (tertiary/aromatic N) is 1. The molecule has 0 spiro atoms. The molecule has 3 unspecified atom stereocenters. The quantitative estimate of drug-likeness (QED) is 0.867. The Morgan fingerprint density at radius 1 is 1.08 bits per heavy atom. The Bertz CT molecular complexity index is 747. The highest BCUT2D eigenvalue weighted by Crippen LogP contribution is 2.34. The molecule has 0 aromatic heterocycles. The molecule has 1 amide bonds. The number of carboxylic acids is 1. The van der Waals surface area contributed by atoms with Crippen LogP contribution in [0.15, 0.2) is 60.7 Å². The van der Waals surface area contributed by atoms with Crippen LogP contribution in [0.25, 0.3) is 0 Å². The number of benzene rings is 2. The van der Waals surface area contributed by atoms with Gasteiger partial charge < -0.3 is 14.7 Å². The van der Waals surface area contributed by atoms with Crippen molar-refractivity contribution in [1.82, 2.24) is 4.90 Å². The summed E-state index contributed by atoms with van der Waals surface area (Å²) in [6, 6.07) is 18.9. The van der Waals surface area contributed by atoms with Crippen LogP contribution >= 0.6 is 0 Å². The second-order valence-electron chi connectivity index (χ2n) is 6.45. The largest absolute Gasteiger partial charge is 0.481 e. The Kier molecular flexibility index (Phi) is 5.68. The van der Waals surface area contributed by atoms with Crippen molar-refractivity contribution in [2.75, 3.05) is 19.7 Å². The third-order valence-electron chi connectivity index (χ3n) is 4.84. The molecule has 1 N–H and O–H groups in total. The van der Waals surface area contributed by atoms with Crippen LogP contribution in [0.3, 0.4) is 0 Å². The number of hydrogen-bond donors (Lipinski definition) is 1. The number of rotatable bonds is 6.